The first-order valence-electron chi connectivity index (χ1n) is 8.58. The molecule has 0 bridgehead atoms. The van der Waals surface area contributed by atoms with Gasteiger partial charge in [0.1, 0.15) is 0 Å². The molecule has 0 aliphatic rings. The van der Waals surface area contributed by atoms with Crippen LogP contribution in [0.25, 0.3) is 0 Å². The van der Waals surface area contributed by atoms with Gasteiger partial charge in [-0.3, -0.25) is 4.98 Å². The molecule has 25 heavy (non-hydrogen) atoms. The molecule has 0 radical (unpaired) electrons. The van der Waals surface area contributed by atoms with Crippen molar-refractivity contribution in [2.75, 3.05) is 32.5 Å². The molecule has 0 spiro atoms. The largest absolute Gasteiger partial charge is 0.341 e. The quantitative estimate of drug-likeness (QED) is 0.790. The summed E-state index contributed by atoms with van der Waals surface area (Å²) in [6, 6.07) is 10.6. The average Bonchev–Trinajstić information content (AvgIpc) is 2.59. The molecule has 1 N–H and O–H groups in total. The number of hydrogen-bond acceptors (Lipinski definition) is 3. The van der Waals surface area contributed by atoms with Crippen LogP contribution < -0.4 is 5.32 Å². The van der Waals surface area contributed by atoms with Crippen LogP contribution in [0.1, 0.15) is 29.7 Å². The van der Waals surface area contributed by atoms with E-state index in [-0.39, 0.29) is 6.04 Å². The first-order chi connectivity index (χ1) is 11.9. The van der Waals surface area contributed by atoms with Crippen LogP contribution in [0.5, 0.6) is 0 Å². The topological polar surface area (TPSA) is 31.4 Å². The molecule has 1 aromatic carbocycles. The minimum absolute atomic E-state index is 0.173. The fraction of sp³-hybridized carbons (Fsp3) is 0.400. The van der Waals surface area contributed by atoms with Crippen LogP contribution in [0.15, 0.2) is 42.7 Å². The van der Waals surface area contributed by atoms with Crippen LogP contribution in [0.3, 0.4) is 0 Å². The molecular formula is C20H28N4S. The third kappa shape index (κ3) is 5.25. The average molecular weight is 357 g/mol. The van der Waals surface area contributed by atoms with E-state index in [0.717, 1.165) is 23.9 Å². The zero-order valence-electron chi connectivity index (χ0n) is 15.8. The van der Waals surface area contributed by atoms with Crippen molar-refractivity contribution in [3.63, 3.8) is 0 Å². The second-order valence-electron chi connectivity index (χ2n) is 6.65. The maximum absolute atomic E-state index is 5.79. The van der Waals surface area contributed by atoms with Crippen molar-refractivity contribution in [2.24, 2.45) is 0 Å². The van der Waals surface area contributed by atoms with Gasteiger partial charge in [-0.1, -0.05) is 18.2 Å². The summed E-state index contributed by atoms with van der Waals surface area (Å²) in [4.78, 5) is 8.54. The number of nitrogens with one attached hydrogen (secondary N) is 1. The predicted molar refractivity (Wildman–Crippen MR) is 110 cm³/mol. The number of thiocarbonyl (C=S) groups is 1. The van der Waals surface area contributed by atoms with Gasteiger partial charge in [0.15, 0.2) is 5.11 Å². The smallest absolute Gasteiger partial charge is 0.173 e. The van der Waals surface area contributed by atoms with Gasteiger partial charge in [-0.25, -0.2) is 0 Å². The predicted octanol–water partition coefficient (Wildman–Crippen LogP) is 4.02. The monoisotopic (exact) mass is 356 g/mol. The Morgan fingerprint density at radius 3 is 2.24 bits per heavy atom. The molecule has 2 aromatic rings. The second-order valence-corrected chi connectivity index (χ2v) is 7.04. The minimum atomic E-state index is 0.173. The van der Waals surface area contributed by atoms with Gasteiger partial charge in [-0.05, 0) is 75.9 Å². The summed E-state index contributed by atoms with van der Waals surface area (Å²) < 4.78 is 0. The van der Waals surface area contributed by atoms with Crippen molar-refractivity contribution < 1.29 is 0 Å². The molecule has 134 valence electrons. The molecule has 0 aliphatic heterocycles. The van der Waals surface area contributed by atoms with E-state index >= 15 is 0 Å². The molecule has 2 rings (SSSR count). The molecular weight excluding hydrogens is 328 g/mol. The van der Waals surface area contributed by atoms with E-state index in [1.165, 1.54) is 16.7 Å². The molecule has 1 atom stereocenters. The standard InChI is InChI=1S/C20H28N4S/c1-15-7-6-8-16(2)19(15)22-20(25)24(14-13-23(4)5)17(3)18-9-11-21-12-10-18/h6-12,17H,13-14H2,1-5H3,(H,22,25)/t17-/m1/s1. The van der Waals surface area contributed by atoms with E-state index in [2.05, 4.69) is 85.3 Å². The van der Waals surface area contributed by atoms with E-state index in [9.17, 15) is 0 Å². The molecule has 0 saturated heterocycles. The van der Waals surface area contributed by atoms with Crippen molar-refractivity contribution in [1.29, 1.82) is 0 Å². The highest BCUT2D eigenvalue weighted by Gasteiger charge is 2.19. The molecule has 5 heteroatoms. The molecule has 0 saturated carbocycles. The van der Waals surface area contributed by atoms with E-state index in [4.69, 9.17) is 12.2 Å². The summed E-state index contributed by atoms with van der Waals surface area (Å²) in [7, 11) is 4.16. The Morgan fingerprint density at radius 1 is 1.08 bits per heavy atom. The first kappa shape index (κ1) is 19.3. The van der Waals surface area contributed by atoms with Crippen molar-refractivity contribution in [3.05, 3.63) is 59.4 Å². The molecule has 0 fully saturated rings. The minimum Gasteiger partial charge on any atom is -0.341 e. The van der Waals surface area contributed by atoms with Gasteiger partial charge < -0.3 is 15.1 Å². The number of para-hydroxylation sites is 1. The summed E-state index contributed by atoms with van der Waals surface area (Å²) >= 11 is 5.79. The number of likely N-dealkylation sites (N-methyl/N-ethyl adjacent to an activating group) is 1. The Morgan fingerprint density at radius 2 is 1.68 bits per heavy atom. The Bertz CT molecular complexity index is 680. The van der Waals surface area contributed by atoms with Crippen LogP contribution in [0, 0.1) is 13.8 Å². The van der Waals surface area contributed by atoms with Gasteiger partial charge in [0, 0.05) is 31.2 Å². The lowest BCUT2D eigenvalue weighted by Gasteiger charge is -2.33. The number of pyridine rings is 1. The lowest BCUT2D eigenvalue weighted by atomic mass is 10.1. The fourth-order valence-electron chi connectivity index (χ4n) is 2.79. The summed E-state index contributed by atoms with van der Waals surface area (Å²) in [5.74, 6) is 0. The van der Waals surface area contributed by atoms with Crippen LogP contribution in [0.2, 0.25) is 0 Å². The van der Waals surface area contributed by atoms with Crippen molar-refractivity contribution in [1.82, 2.24) is 14.8 Å². The molecule has 0 aliphatic carbocycles. The maximum Gasteiger partial charge on any atom is 0.173 e. The van der Waals surface area contributed by atoms with Gasteiger partial charge in [-0.15, -0.1) is 0 Å². The molecule has 0 amide bonds. The maximum atomic E-state index is 5.79. The highest BCUT2D eigenvalue weighted by molar-refractivity contribution is 7.80. The summed E-state index contributed by atoms with van der Waals surface area (Å²) in [5.41, 5.74) is 4.71. The van der Waals surface area contributed by atoms with Crippen molar-refractivity contribution >= 4 is 23.0 Å². The van der Waals surface area contributed by atoms with E-state index in [1.54, 1.807) is 0 Å². The highest BCUT2D eigenvalue weighted by Crippen LogP contribution is 2.24. The first-order valence-corrected chi connectivity index (χ1v) is 8.99. The molecule has 1 aromatic heterocycles. The Hall–Kier alpha value is -1.98. The lowest BCUT2D eigenvalue weighted by molar-refractivity contribution is 0.289. The normalized spacial score (nSPS) is 12.1. The zero-order valence-corrected chi connectivity index (χ0v) is 16.6. The van der Waals surface area contributed by atoms with Crippen molar-refractivity contribution in [3.8, 4) is 0 Å². The van der Waals surface area contributed by atoms with Crippen LogP contribution in [-0.2, 0) is 0 Å². The SMILES string of the molecule is Cc1cccc(C)c1NC(=S)N(CCN(C)C)[C@H](C)c1ccncc1. The van der Waals surface area contributed by atoms with Crippen LogP contribution in [-0.4, -0.2) is 47.1 Å². The highest BCUT2D eigenvalue weighted by atomic mass is 32.1. The third-order valence-electron chi connectivity index (χ3n) is 4.42. The van der Waals surface area contributed by atoms with E-state index in [1.807, 2.05) is 12.4 Å². The Labute approximate surface area is 156 Å². The Kier molecular flexibility index (Phi) is 6.91. The van der Waals surface area contributed by atoms with E-state index < -0.39 is 0 Å². The molecule has 0 unspecified atom stereocenters. The van der Waals surface area contributed by atoms with Gasteiger partial charge in [0.2, 0.25) is 0 Å². The number of rotatable bonds is 6. The fourth-order valence-corrected chi connectivity index (χ4v) is 3.14. The lowest BCUT2D eigenvalue weighted by Crippen LogP contribution is -2.41. The van der Waals surface area contributed by atoms with Crippen molar-refractivity contribution in [2.45, 2.75) is 26.8 Å². The molecule has 1 heterocycles. The van der Waals surface area contributed by atoms with Crippen LogP contribution in [0.4, 0.5) is 5.69 Å². The van der Waals surface area contributed by atoms with Gasteiger partial charge >= 0.3 is 0 Å². The van der Waals surface area contributed by atoms with E-state index in [0.29, 0.717) is 0 Å². The number of nitrogens with zero attached hydrogens (tertiary/aromatic N) is 3. The van der Waals surface area contributed by atoms with Crippen LogP contribution >= 0.6 is 12.2 Å². The van der Waals surface area contributed by atoms with Gasteiger partial charge in [0.05, 0.1) is 6.04 Å². The number of hydrogen-bond donors (Lipinski definition) is 1. The van der Waals surface area contributed by atoms with Gasteiger partial charge in [0.25, 0.3) is 0 Å². The number of anilines is 1. The number of benzene rings is 1. The summed E-state index contributed by atoms with van der Waals surface area (Å²) in [5, 5.41) is 4.23. The summed E-state index contributed by atoms with van der Waals surface area (Å²) in [6.07, 6.45) is 3.66. The summed E-state index contributed by atoms with van der Waals surface area (Å²) in [6.45, 7) is 8.18. The molecule has 4 nitrogen and oxygen atoms in total. The number of aromatic nitrogens is 1. The second kappa shape index (κ2) is 8.92. The Balaban J connectivity index is 2.23. The third-order valence-corrected chi connectivity index (χ3v) is 4.75. The van der Waals surface area contributed by atoms with Gasteiger partial charge in [-0.2, -0.15) is 0 Å². The zero-order chi connectivity index (χ0) is 18.4. The number of aryl methyl sites for hydroxylation is 2.